The van der Waals surface area contributed by atoms with Gasteiger partial charge < -0.3 is 4.74 Å². The topological polar surface area (TPSA) is 55.3 Å². The van der Waals surface area contributed by atoms with Gasteiger partial charge in [0.1, 0.15) is 12.8 Å². The Hall–Kier alpha value is -2.38. The van der Waals surface area contributed by atoms with E-state index in [4.69, 9.17) is 4.74 Å². The number of benzene rings is 1. The average Bonchev–Trinajstić information content (AvgIpc) is 3.29. The van der Waals surface area contributed by atoms with Crippen LogP contribution in [-0.2, 0) is 13.0 Å². The lowest BCUT2D eigenvalue weighted by molar-refractivity contribution is 0.0941. The predicted molar refractivity (Wildman–Crippen MR) is 138 cm³/mol. The van der Waals surface area contributed by atoms with Crippen LogP contribution < -0.4 is 4.74 Å². The van der Waals surface area contributed by atoms with E-state index in [0.717, 1.165) is 67.0 Å². The third kappa shape index (κ3) is 6.07. The summed E-state index contributed by atoms with van der Waals surface area (Å²) in [6.07, 6.45) is 8.36. The Kier molecular flexibility index (Phi) is 7.73. The molecule has 1 saturated carbocycles. The first-order valence-corrected chi connectivity index (χ1v) is 13.7. The predicted octanol–water partition coefficient (Wildman–Crippen LogP) is 6.26. The van der Waals surface area contributed by atoms with Crippen molar-refractivity contribution < 1.29 is 13.9 Å². The largest absolute Gasteiger partial charge is 0.467 e. The highest BCUT2D eigenvalue weighted by molar-refractivity contribution is 7.13. The maximum Gasteiger partial charge on any atom is 0.273 e. The zero-order valence-electron chi connectivity index (χ0n) is 20.4. The number of pyridine rings is 1. The van der Waals surface area contributed by atoms with Gasteiger partial charge in [0.15, 0.2) is 5.78 Å². The van der Waals surface area contributed by atoms with Crippen LogP contribution in [0, 0.1) is 11.8 Å². The van der Waals surface area contributed by atoms with Crippen molar-refractivity contribution in [2.24, 2.45) is 11.8 Å². The Balaban J connectivity index is 1.06. The van der Waals surface area contributed by atoms with Crippen LogP contribution in [0.2, 0.25) is 0 Å². The normalized spacial score (nSPS) is 21.5. The maximum absolute atomic E-state index is 13.1. The number of hydrogen-bond acceptors (Lipinski definition) is 6. The molecule has 0 saturated heterocycles. The lowest BCUT2D eigenvalue weighted by atomic mass is 9.78. The van der Waals surface area contributed by atoms with Gasteiger partial charge in [-0.15, -0.1) is 0 Å². The number of carbonyl (C=O) groups is 1. The van der Waals surface area contributed by atoms with E-state index in [2.05, 4.69) is 14.9 Å². The maximum atomic E-state index is 13.1. The van der Waals surface area contributed by atoms with Gasteiger partial charge in [-0.25, -0.2) is 9.37 Å². The molecule has 1 unspecified atom stereocenters. The molecule has 0 spiro atoms. The van der Waals surface area contributed by atoms with E-state index < -0.39 is 6.17 Å². The summed E-state index contributed by atoms with van der Waals surface area (Å²) in [5.74, 6) is 1.48. The first kappa shape index (κ1) is 24.3. The van der Waals surface area contributed by atoms with Gasteiger partial charge >= 0.3 is 0 Å². The van der Waals surface area contributed by atoms with Crippen molar-refractivity contribution in [3.05, 3.63) is 52.7 Å². The van der Waals surface area contributed by atoms with Crippen LogP contribution in [0.15, 0.2) is 36.5 Å². The van der Waals surface area contributed by atoms with Crippen LogP contribution in [0.4, 0.5) is 4.39 Å². The van der Waals surface area contributed by atoms with E-state index in [1.807, 2.05) is 30.3 Å². The number of fused-ring (bicyclic) bond motifs is 2. The molecule has 2 aromatic heterocycles. The van der Waals surface area contributed by atoms with Crippen LogP contribution in [0.3, 0.4) is 0 Å². The van der Waals surface area contributed by atoms with Crippen molar-refractivity contribution in [3.63, 3.8) is 0 Å². The fourth-order valence-corrected chi connectivity index (χ4v) is 6.39. The van der Waals surface area contributed by atoms with Crippen LogP contribution >= 0.6 is 11.3 Å². The van der Waals surface area contributed by atoms with Crippen molar-refractivity contribution in [3.8, 4) is 5.19 Å². The van der Waals surface area contributed by atoms with Crippen LogP contribution in [0.1, 0.15) is 66.4 Å². The van der Waals surface area contributed by atoms with Crippen molar-refractivity contribution in [1.82, 2.24) is 14.9 Å². The smallest absolute Gasteiger partial charge is 0.273 e. The molecule has 3 aromatic rings. The number of carbonyl (C=O) groups excluding carboxylic acids is 1. The average molecular weight is 496 g/mol. The summed E-state index contributed by atoms with van der Waals surface area (Å²) in [4.78, 5) is 25.8. The van der Waals surface area contributed by atoms with Crippen molar-refractivity contribution >= 4 is 28.0 Å². The number of rotatable bonds is 9. The SMILES string of the molecule is CC(F)COc1nc2c(s1)CCN(CCC1CCC(CC(=O)c3cccc4ncccc34)CC1)C2. The molecule has 5 nitrogen and oxygen atoms in total. The summed E-state index contributed by atoms with van der Waals surface area (Å²) >= 11 is 1.57. The second kappa shape index (κ2) is 11.1. The molecule has 3 heterocycles. The van der Waals surface area contributed by atoms with Crippen molar-refractivity contribution in [2.75, 3.05) is 19.7 Å². The third-order valence-electron chi connectivity index (χ3n) is 7.46. The molecule has 35 heavy (non-hydrogen) atoms. The first-order chi connectivity index (χ1) is 17.0. The molecular weight excluding hydrogens is 461 g/mol. The monoisotopic (exact) mass is 495 g/mol. The summed E-state index contributed by atoms with van der Waals surface area (Å²) in [5.41, 5.74) is 2.81. The van der Waals surface area contributed by atoms with E-state index >= 15 is 0 Å². The second-order valence-electron chi connectivity index (χ2n) is 10.1. The lowest BCUT2D eigenvalue weighted by Crippen LogP contribution is -2.32. The Morgan fingerprint density at radius 3 is 2.86 bits per heavy atom. The van der Waals surface area contributed by atoms with Gasteiger partial charge in [0.05, 0.1) is 11.2 Å². The molecule has 0 radical (unpaired) electrons. The van der Waals surface area contributed by atoms with E-state index in [9.17, 15) is 9.18 Å². The molecule has 1 aliphatic heterocycles. The fourth-order valence-electron chi connectivity index (χ4n) is 5.48. The third-order valence-corrected chi connectivity index (χ3v) is 8.53. The summed E-state index contributed by atoms with van der Waals surface area (Å²) in [6.45, 7) is 4.58. The summed E-state index contributed by atoms with van der Waals surface area (Å²) in [7, 11) is 0. The minimum Gasteiger partial charge on any atom is -0.467 e. The van der Waals surface area contributed by atoms with Gasteiger partial charge in [0.25, 0.3) is 5.19 Å². The number of hydrogen-bond donors (Lipinski definition) is 0. The number of ether oxygens (including phenoxy) is 1. The van der Waals surface area contributed by atoms with Gasteiger partial charge in [0.2, 0.25) is 0 Å². The molecule has 0 amide bonds. The molecule has 7 heteroatoms. The van der Waals surface area contributed by atoms with E-state index in [1.165, 1.54) is 31.1 Å². The standard InChI is InChI=1S/C28H34FN3O2S/c1-19(29)18-34-28-31-25-17-32(15-12-27(25)35-28)14-11-20-7-9-21(10-8-20)16-26(33)23-4-2-6-24-22(23)5-3-13-30-24/h2-6,13,19-21H,7-12,14-18H2,1H3. The van der Waals surface area contributed by atoms with Crippen LogP contribution in [-0.4, -0.2) is 46.5 Å². The number of thiazole rings is 1. The summed E-state index contributed by atoms with van der Waals surface area (Å²) < 4.78 is 18.5. The Labute approximate surface area is 210 Å². The molecule has 1 fully saturated rings. The highest BCUT2D eigenvalue weighted by Gasteiger charge is 2.26. The molecule has 1 aromatic carbocycles. The number of halogens is 1. The Bertz CT molecular complexity index is 1150. The van der Waals surface area contributed by atoms with Gasteiger partial charge in [0, 0.05) is 41.5 Å². The molecule has 0 N–H and O–H groups in total. The van der Waals surface area contributed by atoms with E-state index in [-0.39, 0.29) is 12.4 Å². The second-order valence-corrected chi connectivity index (χ2v) is 11.2. The van der Waals surface area contributed by atoms with Gasteiger partial charge in [-0.05, 0) is 63.1 Å². The zero-order valence-corrected chi connectivity index (χ0v) is 21.2. The molecule has 1 aliphatic carbocycles. The zero-order chi connectivity index (χ0) is 24.2. The van der Waals surface area contributed by atoms with E-state index in [0.29, 0.717) is 17.5 Å². The molecular formula is C28H34FN3O2S. The van der Waals surface area contributed by atoms with Crippen molar-refractivity contribution in [2.45, 2.75) is 64.6 Å². The summed E-state index contributed by atoms with van der Waals surface area (Å²) in [6, 6.07) is 9.75. The molecule has 1 atom stereocenters. The number of alkyl halides is 1. The quantitative estimate of drug-likeness (QED) is 0.328. The lowest BCUT2D eigenvalue weighted by Gasteiger charge is -2.31. The Morgan fingerprint density at radius 1 is 1.20 bits per heavy atom. The van der Waals surface area contributed by atoms with Crippen LogP contribution in [0.25, 0.3) is 10.9 Å². The van der Waals surface area contributed by atoms with Gasteiger partial charge in [-0.3, -0.25) is 14.7 Å². The minimum atomic E-state index is -0.976. The fraction of sp³-hybridized carbons (Fsp3) is 0.536. The summed E-state index contributed by atoms with van der Waals surface area (Å²) in [5, 5.41) is 1.57. The molecule has 2 aliphatic rings. The minimum absolute atomic E-state index is 0.0729. The van der Waals surface area contributed by atoms with Crippen LogP contribution in [0.5, 0.6) is 5.19 Å². The van der Waals surface area contributed by atoms with E-state index in [1.54, 1.807) is 17.5 Å². The highest BCUT2D eigenvalue weighted by atomic mass is 32.1. The highest BCUT2D eigenvalue weighted by Crippen LogP contribution is 2.35. The number of Topliss-reactive ketones (excluding diaryl/α,β-unsaturated/α-hetero) is 1. The molecule has 186 valence electrons. The number of aromatic nitrogens is 2. The van der Waals surface area contributed by atoms with Gasteiger partial charge in [-0.2, -0.15) is 0 Å². The molecule has 5 rings (SSSR count). The number of nitrogens with zero attached hydrogens (tertiary/aromatic N) is 3. The first-order valence-electron chi connectivity index (χ1n) is 12.9. The van der Waals surface area contributed by atoms with Gasteiger partial charge in [-0.1, -0.05) is 42.4 Å². The van der Waals surface area contributed by atoms with Crippen molar-refractivity contribution in [1.29, 1.82) is 0 Å². The Morgan fingerprint density at radius 2 is 2.03 bits per heavy atom. The molecule has 0 bridgehead atoms. The number of ketones is 1.